The molecule has 0 aliphatic carbocycles. The van der Waals surface area contributed by atoms with E-state index in [1.165, 1.54) is 20.8 Å². The minimum absolute atomic E-state index is 0.0576. The predicted octanol–water partition coefficient (Wildman–Crippen LogP) is -0.480. The van der Waals surface area contributed by atoms with Gasteiger partial charge in [-0.15, -0.1) is 0 Å². The van der Waals surface area contributed by atoms with E-state index in [9.17, 15) is 19.5 Å². The Morgan fingerprint density at radius 2 is 1.85 bits per heavy atom. The molecule has 20 heavy (non-hydrogen) atoms. The quantitative estimate of drug-likeness (QED) is 0.534. The maximum Gasteiger partial charge on any atom is 0.303 e. The average Bonchev–Trinajstić information content (AvgIpc) is 2.63. The number of hydrogen-bond donors (Lipinski definition) is 1. The zero-order chi connectivity index (χ0) is 15.3. The van der Waals surface area contributed by atoms with Crippen molar-refractivity contribution in [3.8, 4) is 0 Å². The number of rotatable bonds is 5. The number of aliphatic hydroxyl groups excluding tert-OH is 1. The summed E-state index contributed by atoms with van der Waals surface area (Å²) in [4.78, 5) is 32.9. The number of esters is 3. The third-order valence-electron chi connectivity index (χ3n) is 2.57. The first-order valence-corrected chi connectivity index (χ1v) is 6.11. The molecule has 3 unspecified atom stereocenters. The topological polar surface area (TPSA) is 108 Å². The molecule has 0 saturated carbocycles. The van der Waals surface area contributed by atoms with Gasteiger partial charge < -0.3 is 24.1 Å². The molecule has 0 amide bonds. The second-order valence-corrected chi connectivity index (χ2v) is 4.39. The Hall–Kier alpha value is -1.67. The van der Waals surface area contributed by atoms with Gasteiger partial charge in [0, 0.05) is 27.2 Å². The van der Waals surface area contributed by atoms with E-state index in [1.807, 2.05) is 0 Å². The summed E-state index contributed by atoms with van der Waals surface area (Å²) in [6, 6.07) is 0. The molecule has 8 nitrogen and oxygen atoms in total. The summed E-state index contributed by atoms with van der Waals surface area (Å²) in [5, 5.41) is 9.48. The van der Waals surface area contributed by atoms with Crippen molar-refractivity contribution in [3.63, 3.8) is 0 Å². The Kier molecular flexibility index (Phi) is 5.90. The van der Waals surface area contributed by atoms with Gasteiger partial charge in [-0.05, 0) is 0 Å². The molecule has 1 heterocycles. The average molecular weight is 290 g/mol. The van der Waals surface area contributed by atoms with Crippen LogP contribution in [-0.4, -0.2) is 54.2 Å². The van der Waals surface area contributed by atoms with E-state index in [0.717, 1.165) is 0 Å². The van der Waals surface area contributed by atoms with Crippen molar-refractivity contribution in [1.82, 2.24) is 0 Å². The molecule has 1 aliphatic heterocycles. The van der Waals surface area contributed by atoms with E-state index >= 15 is 0 Å². The van der Waals surface area contributed by atoms with Crippen LogP contribution in [0, 0.1) is 0 Å². The van der Waals surface area contributed by atoms with Crippen molar-refractivity contribution < 1.29 is 38.4 Å². The highest BCUT2D eigenvalue weighted by atomic mass is 16.7. The fourth-order valence-electron chi connectivity index (χ4n) is 1.92. The normalized spacial score (nSPS) is 26.7. The lowest BCUT2D eigenvalue weighted by Gasteiger charge is -2.26. The van der Waals surface area contributed by atoms with Gasteiger partial charge in [-0.3, -0.25) is 14.4 Å². The summed E-state index contributed by atoms with van der Waals surface area (Å²) < 4.78 is 20.0. The van der Waals surface area contributed by atoms with Gasteiger partial charge in [-0.25, -0.2) is 0 Å². The predicted molar refractivity (Wildman–Crippen MR) is 63.2 cm³/mol. The lowest BCUT2D eigenvalue weighted by atomic mass is 10.1. The Morgan fingerprint density at radius 3 is 2.35 bits per heavy atom. The summed E-state index contributed by atoms with van der Waals surface area (Å²) >= 11 is 0. The highest BCUT2D eigenvalue weighted by Gasteiger charge is 2.43. The van der Waals surface area contributed by atoms with E-state index in [4.69, 9.17) is 18.9 Å². The molecule has 8 heteroatoms. The molecule has 0 bridgehead atoms. The van der Waals surface area contributed by atoms with Crippen LogP contribution in [0.4, 0.5) is 0 Å². The first-order valence-electron chi connectivity index (χ1n) is 6.11. The summed E-state index contributed by atoms with van der Waals surface area (Å²) in [7, 11) is 0. The summed E-state index contributed by atoms with van der Waals surface area (Å²) in [6.07, 6.45) is -3.71. The lowest BCUT2D eigenvalue weighted by Crippen LogP contribution is -2.42. The van der Waals surface area contributed by atoms with Gasteiger partial charge in [0.25, 0.3) is 0 Å². The van der Waals surface area contributed by atoms with Gasteiger partial charge >= 0.3 is 17.9 Å². The summed E-state index contributed by atoms with van der Waals surface area (Å²) in [5.74, 6) is -1.70. The largest absolute Gasteiger partial charge is 0.462 e. The third kappa shape index (κ3) is 5.14. The first kappa shape index (κ1) is 16.4. The van der Waals surface area contributed by atoms with Gasteiger partial charge in [-0.2, -0.15) is 0 Å². The molecule has 0 aromatic heterocycles. The van der Waals surface area contributed by atoms with Gasteiger partial charge in [0.15, 0.2) is 12.4 Å². The molecule has 1 fully saturated rings. The Balaban J connectivity index is 2.76. The third-order valence-corrected chi connectivity index (χ3v) is 2.57. The molecule has 1 rings (SSSR count). The van der Waals surface area contributed by atoms with E-state index in [1.54, 1.807) is 0 Å². The zero-order valence-corrected chi connectivity index (χ0v) is 11.5. The molecule has 1 N–H and O–H groups in total. The maximum absolute atomic E-state index is 11.1. The van der Waals surface area contributed by atoms with Crippen LogP contribution in [0.3, 0.4) is 0 Å². The van der Waals surface area contributed by atoms with Crippen molar-refractivity contribution >= 4 is 17.9 Å². The van der Waals surface area contributed by atoms with Crippen LogP contribution in [0.25, 0.3) is 0 Å². The second kappa shape index (κ2) is 7.20. The van der Waals surface area contributed by atoms with E-state index < -0.39 is 42.5 Å². The lowest BCUT2D eigenvalue weighted by molar-refractivity contribution is -0.182. The molecule has 0 aromatic carbocycles. The SMILES string of the molecule is CC(=O)OC[C@H](OC(C)=O)C1OC(O)CC1OC(C)=O. The second-order valence-electron chi connectivity index (χ2n) is 4.39. The molecule has 1 aliphatic rings. The Bertz CT molecular complexity index is 380. The van der Waals surface area contributed by atoms with E-state index in [-0.39, 0.29) is 13.0 Å². The van der Waals surface area contributed by atoms with Crippen molar-refractivity contribution in [2.24, 2.45) is 0 Å². The van der Waals surface area contributed by atoms with Crippen LogP contribution < -0.4 is 0 Å². The summed E-state index contributed by atoms with van der Waals surface area (Å²) in [5.41, 5.74) is 0. The molecule has 0 aromatic rings. The Morgan fingerprint density at radius 1 is 1.20 bits per heavy atom. The molecule has 114 valence electrons. The van der Waals surface area contributed by atoms with Crippen molar-refractivity contribution in [3.05, 3.63) is 0 Å². The minimum Gasteiger partial charge on any atom is -0.462 e. The van der Waals surface area contributed by atoms with Gasteiger partial charge in [0.05, 0.1) is 0 Å². The standard InChI is InChI=1S/C12H18O8/c1-6(13)17-5-10(19-8(3)15)12-9(18-7(2)14)4-11(16)20-12/h9-12,16H,4-5H2,1-3H3/t9?,10-,11?,12?/m0/s1. The maximum atomic E-state index is 11.1. The highest BCUT2D eigenvalue weighted by molar-refractivity contribution is 5.67. The molecular weight excluding hydrogens is 272 g/mol. The number of carbonyl (C=O) groups excluding carboxylic acids is 3. The molecule has 1 saturated heterocycles. The molecular formula is C12H18O8. The number of carbonyl (C=O) groups is 3. The van der Waals surface area contributed by atoms with E-state index in [0.29, 0.717) is 0 Å². The molecule has 0 spiro atoms. The number of hydrogen-bond acceptors (Lipinski definition) is 8. The highest BCUT2D eigenvalue weighted by Crippen LogP contribution is 2.26. The van der Waals surface area contributed by atoms with Crippen LogP contribution >= 0.6 is 0 Å². The molecule has 0 radical (unpaired) electrons. The smallest absolute Gasteiger partial charge is 0.303 e. The van der Waals surface area contributed by atoms with Crippen molar-refractivity contribution in [2.75, 3.05) is 6.61 Å². The van der Waals surface area contributed by atoms with Gasteiger partial charge in [0.1, 0.15) is 18.8 Å². The van der Waals surface area contributed by atoms with E-state index in [2.05, 4.69) is 0 Å². The molecule has 4 atom stereocenters. The number of ether oxygens (including phenoxy) is 4. The van der Waals surface area contributed by atoms with Crippen molar-refractivity contribution in [2.45, 2.75) is 51.8 Å². The Labute approximate surface area is 115 Å². The van der Waals surface area contributed by atoms with Gasteiger partial charge in [-0.1, -0.05) is 0 Å². The van der Waals surface area contributed by atoms with Crippen LogP contribution in [0.15, 0.2) is 0 Å². The van der Waals surface area contributed by atoms with Crippen LogP contribution in [0.1, 0.15) is 27.2 Å². The zero-order valence-electron chi connectivity index (χ0n) is 11.5. The van der Waals surface area contributed by atoms with Crippen LogP contribution in [-0.2, 0) is 33.3 Å². The summed E-state index contributed by atoms with van der Waals surface area (Å²) in [6.45, 7) is 3.37. The first-order chi connectivity index (χ1) is 9.29. The monoisotopic (exact) mass is 290 g/mol. The fraction of sp³-hybridized carbons (Fsp3) is 0.750. The van der Waals surface area contributed by atoms with Crippen LogP contribution in [0.2, 0.25) is 0 Å². The number of aliphatic hydroxyl groups is 1. The minimum atomic E-state index is -1.14. The van der Waals surface area contributed by atoms with Crippen molar-refractivity contribution in [1.29, 1.82) is 0 Å². The fourth-order valence-corrected chi connectivity index (χ4v) is 1.92. The van der Waals surface area contributed by atoms with Gasteiger partial charge in [0.2, 0.25) is 0 Å². The van der Waals surface area contributed by atoms with Crippen LogP contribution in [0.5, 0.6) is 0 Å².